The molecule has 0 aliphatic heterocycles. The molecule has 0 aliphatic carbocycles. The molecule has 10 nitrogen and oxygen atoms in total. The van der Waals surface area contributed by atoms with Gasteiger partial charge in [0.2, 0.25) is 0 Å². The molecule has 0 fully saturated rings. The van der Waals surface area contributed by atoms with E-state index in [1.54, 1.807) is 91.0 Å². The van der Waals surface area contributed by atoms with Gasteiger partial charge in [-0.1, -0.05) is 377 Å². The first-order chi connectivity index (χ1) is 60.5. The first-order valence-corrected chi connectivity index (χ1v) is 48.3. The topological polar surface area (TPSA) is 132 Å². The normalized spacial score (nSPS) is 10.2. The Hall–Kier alpha value is -8.25. The third-order valence-electron chi connectivity index (χ3n) is 20.6. The lowest BCUT2D eigenvalue weighted by Gasteiger charge is -2.07. The maximum absolute atomic E-state index is 12.2. The van der Waals surface area contributed by atoms with Crippen molar-refractivity contribution in [1.82, 2.24) is 0 Å². The van der Waals surface area contributed by atoms with Gasteiger partial charge in [-0.3, -0.25) is 23.5 Å². The van der Waals surface area contributed by atoms with E-state index in [1.807, 2.05) is 121 Å². The third kappa shape index (κ3) is 48.4. The first-order valence-electron chi connectivity index (χ1n) is 44.4. The van der Waals surface area contributed by atoms with E-state index in [2.05, 4.69) is 34.6 Å². The van der Waals surface area contributed by atoms with Gasteiger partial charge in [-0.15, -0.1) is 0 Å². The molecule has 0 N–H and O–H groups in total. The number of halogens is 10. The highest BCUT2D eigenvalue weighted by atomic mass is 35.5. The number of ether oxygens (including phenoxy) is 5. The zero-order valence-electron chi connectivity index (χ0n) is 75.0. The first kappa shape index (κ1) is 120. The Morgan fingerprint density at radius 3 is 0.462 bits per heavy atom. The number of rotatable bonds is 45. The lowest BCUT2D eigenvalue weighted by atomic mass is 10.0. The molecule has 0 saturated heterocycles. The highest BCUT2D eigenvalue weighted by Gasteiger charge is 2.17. The minimum atomic E-state index is -0.390. The molecule has 0 aliphatic rings. The van der Waals surface area contributed by atoms with Crippen molar-refractivity contribution in [3.63, 3.8) is 0 Å². The van der Waals surface area contributed by atoms with Gasteiger partial charge < -0.3 is 23.7 Å². The number of benzene rings is 10. The molecule has 0 bridgehead atoms. The van der Waals surface area contributed by atoms with Gasteiger partial charge in [0.15, 0.2) is 0 Å². The average Bonchev–Trinajstić information content (AvgIpc) is 0.997. The molecular weight excluding hydrogens is 1850 g/mol. The number of hydrogen-bond acceptors (Lipinski definition) is 10. The summed E-state index contributed by atoms with van der Waals surface area (Å²) < 4.78 is 26.7. The van der Waals surface area contributed by atoms with Crippen molar-refractivity contribution in [3.05, 3.63) is 293 Å². The van der Waals surface area contributed by atoms with Crippen LogP contribution in [0, 0.1) is 0 Å². The molecule has 10 aromatic carbocycles. The van der Waals surface area contributed by atoms with Crippen LogP contribution in [0.5, 0.6) is 28.7 Å². The van der Waals surface area contributed by atoms with Crippen LogP contribution in [0.1, 0.15) is 307 Å². The van der Waals surface area contributed by atoms with Crippen LogP contribution in [-0.2, 0) is 32.1 Å². The zero-order chi connectivity index (χ0) is 90.4. The lowest BCUT2D eigenvalue weighted by Crippen LogP contribution is -2.08. The Morgan fingerprint density at radius 2 is 0.331 bits per heavy atom. The summed E-state index contributed by atoms with van der Waals surface area (Å²) in [6.45, 7) is 11.2. The molecule has 0 aromatic heterocycles. The Labute approximate surface area is 821 Å². The maximum atomic E-state index is 12.2. The molecule has 10 rings (SSSR count). The summed E-state index contributed by atoms with van der Waals surface area (Å²) in [5, 5.41) is 2.06. The van der Waals surface area contributed by atoms with Crippen LogP contribution in [0.3, 0.4) is 0 Å². The fourth-order valence-electron chi connectivity index (χ4n) is 13.1. The fourth-order valence-corrected chi connectivity index (χ4v) is 14.6. The number of carbonyl (C=O) groups is 5. The van der Waals surface area contributed by atoms with Gasteiger partial charge in [0, 0.05) is 30.3 Å². The number of esters is 5. The van der Waals surface area contributed by atoms with Gasteiger partial charge in [-0.25, -0.2) is 24.0 Å². The SMILES string of the molecule is CCCCCCCCc1ccc(C(=O)Oc2ccc([S])c(Cl)c2)cc1.CCCCCCCCc1ccc(C(=O)Oc2ccc([S])c(Cl)c2)cc1.CCCCCCCCc1ccc(C(=O)Oc2ccc([S])c(Cl)c2)cc1.CCCCCCCCc1ccc(C(=O)Oc2ccc([S])c(Cl)c2)cc1.CCCCCCCCc1ccc(C(=O)Oc2ccc([S])c(Cl)c2)cc1.F.F.F.F.F. The fraction of sp³-hybridized carbons (Fsp3) is 0.381. The standard InChI is InChI=1S/5C21H24ClO2S.5FH/c5*1-2-3-4-5-6-7-8-16-9-11-17(12-10-16)21(23)24-18-13-14-20(25)19(22)15-18;;;;;/h5*9-15H,2-8H2,1H3;5*1H. The van der Waals surface area contributed by atoms with E-state index in [-0.39, 0.29) is 53.4 Å². The molecule has 0 spiro atoms. The number of unbranched alkanes of at least 4 members (excludes halogenated alkanes) is 25. The summed E-state index contributed by atoms with van der Waals surface area (Å²) >= 11 is 54.9. The van der Waals surface area contributed by atoms with Crippen molar-refractivity contribution in [2.24, 2.45) is 0 Å². The Kier molecular flexibility index (Phi) is 64.9. The summed E-state index contributed by atoms with van der Waals surface area (Å²) in [6.07, 6.45) is 43.8. The van der Waals surface area contributed by atoms with E-state index in [0.717, 1.165) is 32.1 Å². The molecule has 130 heavy (non-hydrogen) atoms. The number of hydrogen-bond donors (Lipinski definition) is 0. The van der Waals surface area contributed by atoms with E-state index in [9.17, 15) is 24.0 Å². The molecule has 0 amide bonds. The Morgan fingerprint density at radius 1 is 0.200 bits per heavy atom. The van der Waals surface area contributed by atoms with Crippen molar-refractivity contribution in [2.75, 3.05) is 0 Å². The predicted octanol–water partition coefficient (Wildman–Crippen LogP) is 35.9. The smallest absolute Gasteiger partial charge is 0.343 e. The van der Waals surface area contributed by atoms with Crippen LogP contribution >= 0.6 is 121 Å². The molecule has 25 heteroatoms. The van der Waals surface area contributed by atoms with Crippen LogP contribution in [0.25, 0.3) is 0 Å². The largest absolute Gasteiger partial charge is 0.423 e. The van der Waals surface area contributed by atoms with Gasteiger partial charge in [0.25, 0.3) is 0 Å². The van der Waals surface area contributed by atoms with Crippen LogP contribution in [0.2, 0.25) is 25.1 Å². The molecule has 705 valence electrons. The minimum Gasteiger partial charge on any atom is -0.423 e. The van der Waals surface area contributed by atoms with Crippen molar-refractivity contribution in [1.29, 1.82) is 0 Å². The Balaban J connectivity index is 0.000000805. The quantitative estimate of drug-likeness (QED) is 0.0157. The van der Waals surface area contributed by atoms with E-state index in [0.29, 0.717) is 106 Å². The molecule has 0 atom stereocenters. The van der Waals surface area contributed by atoms with Gasteiger partial charge >= 0.3 is 29.8 Å². The van der Waals surface area contributed by atoms with Gasteiger partial charge in [-0.05, 0) is 213 Å². The van der Waals surface area contributed by atoms with E-state index < -0.39 is 0 Å². The highest BCUT2D eigenvalue weighted by Crippen LogP contribution is 2.32. The van der Waals surface area contributed by atoms with Crippen molar-refractivity contribution in [2.45, 2.75) is 284 Å². The van der Waals surface area contributed by atoms with Gasteiger partial charge in [-0.2, -0.15) is 0 Å². The molecule has 10 aromatic rings. The second kappa shape index (κ2) is 70.5. The van der Waals surface area contributed by atoms with Crippen molar-refractivity contribution in [3.8, 4) is 28.7 Å². The lowest BCUT2D eigenvalue weighted by molar-refractivity contribution is 0.0725. The Bertz CT molecular complexity index is 4150. The summed E-state index contributed by atoms with van der Waals surface area (Å²) in [5.41, 5.74) is 8.94. The van der Waals surface area contributed by atoms with Crippen LogP contribution in [0.15, 0.2) is 237 Å². The van der Waals surface area contributed by atoms with Gasteiger partial charge in [0.1, 0.15) is 28.7 Å². The summed E-state index contributed by atoms with van der Waals surface area (Å²) in [7, 11) is 0. The number of aryl methyl sites for hydroxylation is 5. The highest BCUT2D eigenvalue weighted by molar-refractivity contribution is 7.81. The van der Waals surface area contributed by atoms with Crippen LogP contribution in [0.4, 0.5) is 23.5 Å². The summed E-state index contributed by atoms with van der Waals surface area (Å²) in [5.74, 6) is 0.0651. The third-order valence-corrected chi connectivity index (χ3v) is 24.5. The van der Waals surface area contributed by atoms with Crippen molar-refractivity contribution < 1.29 is 71.2 Å². The maximum Gasteiger partial charge on any atom is 0.343 e. The second-order valence-corrected chi connectivity index (χ2v) is 35.2. The molecule has 5 radical (unpaired) electrons. The van der Waals surface area contributed by atoms with E-state index in [1.165, 1.54) is 220 Å². The minimum absolute atomic E-state index is 0. The van der Waals surface area contributed by atoms with Crippen LogP contribution in [-0.4, -0.2) is 29.8 Å². The molecule has 0 heterocycles. The van der Waals surface area contributed by atoms with Crippen molar-refractivity contribution >= 4 is 151 Å². The molecule has 0 unspecified atom stereocenters. The zero-order valence-corrected chi connectivity index (χ0v) is 82.9. The van der Waals surface area contributed by atoms with Crippen LogP contribution < -0.4 is 23.7 Å². The second-order valence-electron chi connectivity index (χ2n) is 31.0. The molecule has 0 saturated carbocycles. The average molecular weight is 1980 g/mol. The summed E-state index contributed by atoms with van der Waals surface area (Å²) in [6, 6.07) is 62.6. The number of carbonyl (C=O) groups excluding carboxylic acids is 5. The predicted molar refractivity (Wildman–Crippen MR) is 541 cm³/mol. The van der Waals surface area contributed by atoms with E-state index >= 15 is 0 Å². The monoisotopic (exact) mass is 1980 g/mol. The molecular formula is C105H125Cl5F5O10S5. The van der Waals surface area contributed by atoms with E-state index in [4.69, 9.17) is 145 Å². The summed E-state index contributed by atoms with van der Waals surface area (Å²) in [4.78, 5) is 63.7. The van der Waals surface area contributed by atoms with Gasteiger partial charge in [0.05, 0.1) is 77.4 Å².